The van der Waals surface area contributed by atoms with E-state index in [1.807, 2.05) is 30.5 Å². The average Bonchev–Trinajstić information content (AvgIpc) is 3.27. The van der Waals surface area contributed by atoms with E-state index < -0.39 is 0 Å². The SMILES string of the molecule is Cc1ccccc1Cn1cccc1-c1nc(-c2ccncc2)no1. The molecule has 5 heteroatoms. The zero-order valence-electron chi connectivity index (χ0n) is 13.3. The molecule has 0 aliphatic rings. The van der Waals surface area contributed by atoms with Gasteiger partial charge in [0.25, 0.3) is 5.89 Å². The van der Waals surface area contributed by atoms with Crippen molar-refractivity contribution in [2.75, 3.05) is 0 Å². The summed E-state index contributed by atoms with van der Waals surface area (Å²) in [6.07, 6.45) is 5.45. The first-order chi connectivity index (χ1) is 11.8. The number of hydrogen-bond donors (Lipinski definition) is 0. The molecular weight excluding hydrogens is 300 g/mol. The fourth-order valence-corrected chi connectivity index (χ4v) is 2.66. The van der Waals surface area contributed by atoms with Crippen LogP contribution in [0.2, 0.25) is 0 Å². The maximum absolute atomic E-state index is 5.47. The Morgan fingerprint density at radius 3 is 2.67 bits per heavy atom. The second-order valence-electron chi connectivity index (χ2n) is 5.61. The minimum atomic E-state index is 0.514. The Labute approximate surface area is 139 Å². The molecule has 118 valence electrons. The number of aromatic nitrogens is 4. The number of aryl methyl sites for hydroxylation is 1. The lowest BCUT2D eigenvalue weighted by Gasteiger charge is -2.09. The summed E-state index contributed by atoms with van der Waals surface area (Å²) in [6.45, 7) is 2.88. The van der Waals surface area contributed by atoms with Crippen molar-refractivity contribution in [2.24, 2.45) is 0 Å². The summed E-state index contributed by atoms with van der Waals surface area (Å²) in [4.78, 5) is 8.53. The monoisotopic (exact) mass is 316 g/mol. The normalized spacial score (nSPS) is 10.9. The summed E-state index contributed by atoms with van der Waals surface area (Å²) in [7, 11) is 0. The van der Waals surface area contributed by atoms with E-state index in [0.29, 0.717) is 11.7 Å². The van der Waals surface area contributed by atoms with Gasteiger partial charge in [0, 0.05) is 30.7 Å². The second kappa shape index (κ2) is 6.12. The molecule has 0 N–H and O–H groups in total. The van der Waals surface area contributed by atoms with Crippen molar-refractivity contribution in [3.05, 3.63) is 78.2 Å². The van der Waals surface area contributed by atoms with Crippen LogP contribution in [0.5, 0.6) is 0 Å². The Morgan fingerprint density at radius 2 is 1.83 bits per heavy atom. The fraction of sp³-hybridized carbons (Fsp3) is 0.105. The molecule has 3 aromatic heterocycles. The molecule has 24 heavy (non-hydrogen) atoms. The van der Waals surface area contributed by atoms with Crippen LogP contribution in [0.4, 0.5) is 0 Å². The first-order valence-electron chi connectivity index (χ1n) is 7.75. The van der Waals surface area contributed by atoms with Crippen LogP contribution >= 0.6 is 0 Å². The van der Waals surface area contributed by atoms with Crippen LogP contribution in [0, 0.1) is 6.92 Å². The molecule has 0 bridgehead atoms. The molecule has 1 aromatic carbocycles. The van der Waals surface area contributed by atoms with Crippen LogP contribution in [0.25, 0.3) is 23.0 Å². The second-order valence-corrected chi connectivity index (χ2v) is 5.61. The smallest absolute Gasteiger partial charge is 0.274 e. The van der Waals surface area contributed by atoms with E-state index in [4.69, 9.17) is 4.52 Å². The Balaban J connectivity index is 1.66. The van der Waals surface area contributed by atoms with Gasteiger partial charge in [0.15, 0.2) is 0 Å². The van der Waals surface area contributed by atoms with Crippen molar-refractivity contribution in [3.63, 3.8) is 0 Å². The van der Waals surface area contributed by atoms with E-state index in [-0.39, 0.29) is 0 Å². The van der Waals surface area contributed by atoms with E-state index >= 15 is 0 Å². The maximum Gasteiger partial charge on any atom is 0.274 e. The van der Waals surface area contributed by atoms with Crippen LogP contribution < -0.4 is 0 Å². The number of benzene rings is 1. The third-order valence-corrected chi connectivity index (χ3v) is 4.02. The first-order valence-corrected chi connectivity index (χ1v) is 7.75. The standard InChI is InChI=1S/C19H16N4O/c1-14-5-2-3-6-16(14)13-23-12-4-7-17(23)19-21-18(22-24-19)15-8-10-20-11-9-15/h2-12H,13H2,1H3. The van der Waals surface area contributed by atoms with Crippen LogP contribution in [0.3, 0.4) is 0 Å². The number of pyridine rings is 1. The van der Waals surface area contributed by atoms with Crippen molar-refractivity contribution >= 4 is 0 Å². The van der Waals surface area contributed by atoms with E-state index in [1.165, 1.54) is 11.1 Å². The lowest BCUT2D eigenvalue weighted by atomic mass is 10.1. The molecular formula is C19H16N4O. The summed E-state index contributed by atoms with van der Waals surface area (Å²) in [6, 6.07) is 16.1. The summed E-state index contributed by atoms with van der Waals surface area (Å²) in [5, 5.41) is 4.08. The molecule has 0 radical (unpaired) electrons. The number of nitrogens with zero attached hydrogens (tertiary/aromatic N) is 4. The molecule has 0 saturated carbocycles. The van der Waals surface area contributed by atoms with Crippen molar-refractivity contribution in [3.8, 4) is 23.0 Å². The molecule has 0 spiro atoms. The van der Waals surface area contributed by atoms with Gasteiger partial charge in [0.2, 0.25) is 5.82 Å². The van der Waals surface area contributed by atoms with Crippen LogP contribution in [-0.4, -0.2) is 19.7 Å². The van der Waals surface area contributed by atoms with Gasteiger partial charge in [-0.1, -0.05) is 29.4 Å². The molecule has 4 rings (SSSR count). The zero-order chi connectivity index (χ0) is 16.4. The van der Waals surface area contributed by atoms with E-state index in [2.05, 4.69) is 50.9 Å². The quantitative estimate of drug-likeness (QED) is 0.572. The van der Waals surface area contributed by atoms with E-state index in [1.54, 1.807) is 12.4 Å². The van der Waals surface area contributed by atoms with Gasteiger partial charge in [-0.2, -0.15) is 4.98 Å². The summed E-state index contributed by atoms with van der Waals surface area (Å²) >= 11 is 0. The molecule has 3 heterocycles. The van der Waals surface area contributed by atoms with Gasteiger partial charge < -0.3 is 9.09 Å². The average molecular weight is 316 g/mol. The predicted octanol–water partition coefficient (Wildman–Crippen LogP) is 3.96. The Kier molecular flexibility index (Phi) is 3.67. The molecule has 0 amide bonds. The fourth-order valence-electron chi connectivity index (χ4n) is 2.66. The van der Waals surface area contributed by atoms with Gasteiger partial charge in [0.1, 0.15) is 5.69 Å². The molecule has 0 atom stereocenters. The highest BCUT2D eigenvalue weighted by Crippen LogP contribution is 2.23. The lowest BCUT2D eigenvalue weighted by molar-refractivity contribution is 0.429. The summed E-state index contributed by atoms with van der Waals surface area (Å²) in [5.41, 5.74) is 4.33. The zero-order valence-corrected chi connectivity index (χ0v) is 13.3. The maximum atomic E-state index is 5.47. The first kappa shape index (κ1) is 14.4. The van der Waals surface area contributed by atoms with Crippen LogP contribution in [0.15, 0.2) is 71.6 Å². The highest BCUT2D eigenvalue weighted by atomic mass is 16.5. The van der Waals surface area contributed by atoms with Crippen molar-refractivity contribution in [1.82, 2.24) is 19.7 Å². The predicted molar refractivity (Wildman–Crippen MR) is 91.2 cm³/mol. The van der Waals surface area contributed by atoms with Crippen LogP contribution in [-0.2, 0) is 6.54 Å². The molecule has 0 aliphatic heterocycles. The van der Waals surface area contributed by atoms with Gasteiger partial charge in [-0.15, -0.1) is 0 Å². The highest BCUT2D eigenvalue weighted by molar-refractivity contribution is 5.57. The molecule has 5 nitrogen and oxygen atoms in total. The molecule has 0 aliphatic carbocycles. The largest absolute Gasteiger partial charge is 0.339 e. The van der Waals surface area contributed by atoms with Crippen molar-refractivity contribution in [1.29, 1.82) is 0 Å². The van der Waals surface area contributed by atoms with Crippen molar-refractivity contribution in [2.45, 2.75) is 13.5 Å². The minimum Gasteiger partial charge on any atom is -0.339 e. The van der Waals surface area contributed by atoms with Crippen LogP contribution in [0.1, 0.15) is 11.1 Å². The lowest BCUT2D eigenvalue weighted by Crippen LogP contribution is -2.02. The molecule has 0 unspecified atom stereocenters. The third kappa shape index (κ3) is 2.72. The van der Waals surface area contributed by atoms with Gasteiger partial charge >= 0.3 is 0 Å². The Morgan fingerprint density at radius 1 is 1.00 bits per heavy atom. The topological polar surface area (TPSA) is 56.7 Å². The van der Waals surface area contributed by atoms with E-state index in [0.717, 1.165) is 17.8 Å². The molecule has 0 saturated heterocycles. The third-order valence-electron chi connectivity index (χ3n) is 4.02. The van der Waals surface area contributed by atoms with Gasteiger partial charge in [-0.25, -0.2) is 0 Å². The van der Waals surface area contributed by atoms with Gasteiger partial charge in [-0.3, -0.25) is 4.98 Å². The summed E-state index contributed by atoms with van der Waals surface area (Å²) < 4.78 is 7.59. The Hall–Kier alpha value is -3.21. The molecule has 0 fully saturated rings. The van der Waals surface area contributed by atoms with E-state index in [9.17, 15) is 0 Å². The number of rotatable bonds is 4. The van der Waals surface area contributed by atoms with Crippen molar-refractivity contribution < 1.29 is 4.52 Å². The van der Waals surface area contributed by atoms with Gasteiger partial charge in [-0.05, 0) is 42.3 Å². The minimum absolute atomic E-state index is 0.514. The van der Waals surface area contributed by atoms with Gasteiger partial charge in [0.05, 0.1) is 0 Å². The molecule has 4 aromatic rings. The highest BCUT2D eigenvalue weighted by Gasteiger charge is 2.14. The number of hydrogen-bond acceptors (Lipinski definition) is 4. The summed E-state index contributed by atoms with van der Waals surface area (Å²) in [5.74, 6) is 1.08. The Bertz CT molecular complexity index is 956.